The Morgan fingerprint density at radius 2 is 2.54 bits per heavy atom. The summed E-state index contributed by atoms with van der Waals surface area (Å²) < 4.78 is 2.31. The number of allylic oxidation sites excluding steroid dienone is 1. The van der Waals surface area contributed by atoms with Crippen molar-refractivity contribution in [2.75, 3.05) is 0 Å². The van der Waals surface area contributed by atoms with E-state index in [9.17, 15) is 4.79 Å². The van der Waals surface area contributed by atoms with Crippen molar-refractivity contribution < 1.29 is 0 Å². The van der Waals surface area contributed by atoms with Crippen molar-refractivity contribution in [2.24, 2.45) is 0 Å². The summed E-state index contributed by atoms with van der Waals surface area (Å²) in [7, 11) is 0. The maximum atomic E-state index is 10.9. The summed E-state index contributed by atoms with van der Waals surface area (Å²) in [5.74, 6) is 0. The van der Waals surface area contributed by atoms with Crippen molar-refractivity contribution in [3.63, 3.8) is 0 Å². The van der Waals surface area contributed by atoms with Gasteiger partial charge in [0, 0.05) is 18.3 Å². The van der Waals surface area contributed by atoms with Gasteiger partial charge in [-0.05, 0) is 25.6 Å². The summed E-state index contributed by atoms with van der Waals surface area (Å²) in [5, 5.41) is 0. The van der Waals surface area contributed by atoms with Gasteiger partial charge < -0.3 is 4.57 Å². The van der Waals surface area contributed by atoms with E-state index in [1.54, 1.807) is 6.20 Å². The Hall–Kier alpha value is -1.16. The zero-order valence-corrected chi connectivity index (χ0v) is 8.30. The Kier molecular flexibility index (Phi) is 3.19. The van der Waals surface area contributed by atoms with E-state index in [0.29, 0.717) is 4.77 Å². The van der Waals surface area contributed by atoms with Crippen LogP contribution in [0.5, 0.6) is 0 Å². The number of nitrogens with zero attached hydrogens (tertiary/aromatic N) is 1. The Morgan fingerprint density at radius 3 is 3.08 bits per heavy atom. The number of rotatable bonds is 3. The van der Waals surface area contributed by atoms with E-state index in [1.807, 2.05) is 17.6 Å². The van der Waals surface area contributed by atoms with Gasteiger partial charge in [0.25, 0.3) is 5.56 Å². The van der Waals surface area contributed by atoms with Gasteiger partial charge in [0.2, 0.25) is 0 Å². The van der Waals surface area contributed by atoms with Crippen LogP contribution in [0.2, 0.25) is 0 Å². The molecule has 0 aromatic carbocycles. The fourth-order valence-electron chi connectivity index (χ4n) is 1.13. The van der Waals surface area contributed by atoms with Crippen LogP contribution in [-0.4, -0.2) is 9.55 Å². The van der Waals surface area contributed by atoms with E-state index in [-0.39, 0.29) is 11.6 Å². The minimum absolute atomic E-state index is 0.160. The van der Waals surface area contributed by atoms with Crippen molar-refractivity contribution >= 4 is 12.2 Å². The van der Waals surface area contributed by atoms with Gasteiger partial charge in [0.05, 0.1) is 0 Å². The van der Waals surface area contributed by atoms with Gasteiger partial charge in [-0.25, -0.2) is 0 Å². The van der Waals surface area contributed by atoms with Crippen LogP contribution in [0, 0.1) is 4.77 Å². The SMILES string of the molecule is C=CCC(C)n1ccc(=O)[nH]c1=S. The van der Waals surface area contributed by atoms with Gasteiger partial charge in [0.1, 0.15) is 0 Å². The first-order valence-corrected chi connectivity index (χ1v) is 4.48. The van der Waals surface area contributed by atoms with E-state index < -0.39 is 0 Å². The van der Waals surface area contributed by atoms with Gasteiger partial charge in [-0.15, -0.1) is 6.58 Å². The molecule has 0 amide bonds. The predicted molar refractivity (Wildman–Crippen MR) is 55.4 cm³/mol. The lowest BCUT2D eigenvalue weighted by atomic mass is 10.2. The summed E-state index contributed by atoms with van der Waals surface area (Å²) in [6, 6.07) is 1.71. The predicted octanol–water partition coefficient (Wildman–Crippen LogP) is 2.04. The number of H-pyrrole nitrogens is 1. The van der Waals surface area contributed by atoms with Crippen LogP contribution < -0.4 is 5.56 Å². The van der Waals surface area contributed by atoms with E-state index in [2.05, 4.69) is 11.6 Å². The Bertz CT molecular complexity index is 405. The highest BCUT2D eigenvalue weighted by Crippen LogP contribution is 2.09. The lowest BCUT2D eigenvalue weighted by Crippen LogP contribution is -2.13. The summed E-state index contributed by atoms with van der Waals surface area (Å²) in [4.78, 5) is 13.4. The number of aromatic amines is 1. The molecule has 0 bridgehead atoms. The maximum Gasteiger partial charge on any atom is 0.251 e. The van der Waals surface area contributed by atoms with Crippen LogP contribution in [0.15, 0.2) is 29.7 Å². The van der Waals surface area contributed by atoms with Crippen molar-refractivity contribution in [3.05, 3.63) is 40.0 Å². The molecule has 1 aromatic heterocycles. The van der Waals surface area contributed by atoms with E-state index in [0.717, 1.165) is 6.42 Å². The minimum atomic E-state index is -0.160. The summed E-state index contributed by atoms with van der Waals surface area (Å²) in [6.07, 6.45) is 4.37. The van der Waals surface area contributed by atoms with Crippen molar-refractivity contribution in [1.82, 2.24) is 9.55 Å². The second-order valence-electron chi connectivity index (χ2n) is 2.89. The molecule has 70 valence electrons. The summed E-state index contributed by atoms with van der Waals surface area (Å²) in [6.45, 7) is 5.68. The zero-order chi connectivity index (χ0) is 9.84. The zero-order valence-electron chi connectivity index (χ0n) is 7.49. The molecule has 0 saturated heterocycles. The largest absolute Gasteiger partial charge is 0.322 e. The van der Waals surface area contributed by atoms with Crippen LogP contribution in [0.3, 0.4) is 0 Å². The molecule has 0 aliphatic rings. The Morgan fingerprint density at radius 1 is 1.85 bits per heavy atom. The number of nitrogens with one attached hydrogen (secondary N) is 1. The van der Waals surface area contributed by atoms with Crippen LogP contribution in [0.4, 0.5) is 0 Å². The molecule has 1 aromatic rings. The van der Waals surface area contributed by atoms with Gasteiger partial charge in [0.15, 0.2) is 4.77 Å². The fourth-order valence-corrected chi connectivity index (χ4v) is 1.47. The topological polar surface area (TPSA) is 37.8 Å². The molecular formula is C9H12N2OS. The van der Waals surface area contributed by atoms with Gasteiger partial charge in [-0.2, -0.15) is 0 Å². The first-order valence-electron chi connectivity index (χ1n) is 4.07. The second-order valence-corrected chi connectivity index (χ2v) is 3.28. The monoisotopic (exact) mass is 196 g/mol. The number of hydrogen-bond donors (Lipinski definition) is 1. The molecule has 1 N–H and O–H groups in total. The molecule has 0 aliphatic carbocycles. The van der Waals surface area contributed by atoms with Gasteiger partial charge in [-0.3, -0.25) is 9.78 Å². The highest BCUT2D eigenvalue weighted by molar-refractivity contribution is 7.71. The standard InChI is InChI=1S/C9H12N2OS/c1-3-4-7(2)11-6-5-8(12)10-9(11)13/h3,5-7H,1,4H2,2H3,(H,10,12,13). The first kappa shape index (κ1) is 9.92. The highest BCUT2D eigenvalue weighted by Gasteiger charge is 2.01. The third kappa shape index (κ3) is 2.39. The van der Waals surface area contributed by atoms with Crippen LogP contribution >= 0.6 is 12.2 Å². The van der Waals surface area contributed by atoms with Crippen molar-refractivity contribution in [1.29, 1.82) is 0 Å². The Labute approximate surface area is 81.7 Å². The second kappa shape index (κ2) is 4.18. The van der Waals surface area contributed by atoms with Gasteiger partial charge >= 0.3 is 0 Å². The van der Waals surface area contributed by atoms with Crippen molar-refractivity contribution in [3.8, 4) is 0 Å². The smallest absolute Gasteiger partial charge is 0.251 e. The van der Waals surface area contributed by atoms with Crippen molar-refractivity contribution in [2.45, 2.75) is 19.4 Å². The fraction of sp³-hybridized carbons (Fsp3) is 0.333. The average molecular weight is 196 g/mol. The molecule has 13 heavy (non-hydrogen) atoms. The molecule has 0 radical (unpaired) electrons. The number of aromatic nitrogens is 2. The molecule has 0 fully saturated rings. The maximum absolute atomic E-state index is 10.9. The van der Waals surface area contributed by atoms with Crippen LogP contribution in [-0.2, 0) is 0 Å². The molecule has 0 saturated carbocycles. The summed E-state index contributed by atoms with van der Waals surface area (Å²) >= 11 is 5.00. The average Bonchev–Trinajstić information content (AvgIpc) is 2.04. The molecule has 3 nitrogen and oxygen atoms in total. The van der Waals surface area contributed by atoms with E-state index in [4.69, 9.17) is 12.2 Å². The third-order valence-electron chi connectivity index (χ3n) is 1.83. The lowest BCUT2D eigenvalue weighted by molar-refractivity contribution is 0.534. The first-order chi connectivity index (χ1) is 6.15. The normalized spacial score (nSPS) is 12.4. The Balaban J connectivity index is 3.08. The lowest BCUT2D eigenvalue weighted by Gasteiger charge is -2.12. The van der Waals surface area contributed by atoms with Crippen LogP contribution in [0.25, 0.3) is 0 Å². The quantitative estimate of drug-likeness (QED) is 0.593. The molecule has 1 heterocycles. The molecule has 1 unspecified atom stereocenters. The third-order valence-corrected chi connectivity index (χ3v) is 2.15. The van der Waals surface area contributed by atoms with Crippen LogP contribution in [0.1, 0.15) is 19.4 Å². The highest BCUT2D eigenvalue weighted by atomic mass is 32.1. The van der Waals surface area contributed by atoms with E-state index in [1.165, 1.54) is 6.07 Å². The molecule has 0 aliphatic heterocycles. The minimum Gasteiger partial charge on any atom is -0.322 e. The molecule has 0 spiro atoms. The van der Waals surface area contributed by atoms with E-state index >= 15 is 0 Å². The molecular weight excluding hydrogens is 184 g/mol. The summed E-state index contributed by atoms with van der Waals surface area (Å²) in [5.41, 5.74) is -0.160. The molecule has 1 atom stereocenters. The van der Waals surface area contributed by atoms with Gasteiger partial charge in [-0.1, -0.05) is 6.08 Å². The molecule has 1 rings (SSSR count). The number of hydrogen-bond acceptors (Lipinski definition) is 2. The molecule has 4 heteroatoms.